The van der Waals surface area contributed by atoms with Crippen LogP contribution in [0.5, 0.6) is 11.5 Å². The van der Waals surface area contributed by atoms with Crippen LogP contribution in [0.25, 0.3) is 10.9 Å². The maximum absolute atomic E-state index is 13.5. The number of pyridine rings is 1. The van der Waals surface area contributed by atoms with E-state index in [1.807, 2.05) is 0 Å². The molecule has 2 heterocycles. The van der Waals surface area contributed by atoms with Crippen molar-refractivity contribution >= 4 is 32.5 Å². The highest BCUT2D eigenvalue weighted by Gasteiger charge is 2.37. The van der Waals surface area contributed by atoms with Crippen molar-refractivity contribution in [3.05, 3.63) is 59.0 Å². The molecule has 31 heavy (non-hydrogen) atoms. The monoisotopic (exact) mass is 445 g/mol. The van der Waals surface area contributed by atoms with E-state index in [9.17, 15) is 22.7 Å². The first-order valence-electron chi connectivity index (χ1n) is 9.31. The molecule has 1 N–H and O–H groups in total. The molecule has 1 amide bonds. The number of halogens is 1. The molecule has 4 rings (SSSR count). The first-order valence-corrected chi connectivity index (χ1v) is 11.2. The van der Waals surface area contributed by atoms with Gasteiger partial charge in [0.2, 0.25) is 10.0 Å². The maximum atomic E-state index is 13.5. The van der Waals surface area contributed by atoms with E-state index < -0.39 is 21.7 Å². The van der Waals surface area contributed by atoms with Crippen molar-refractivity contribution in [3.63, 3.8) is 0 Å². The number of sulfonamides is 1. The standard InChI is InChI=1S/C21H20FN3O5S/c1-24(31(3,28)29)19-14-5-4-8-23-18(14)20(26)17-15(19)11-25(21(17)27)10-12-6-7-13(22)9-16(12)30-2/h4-9,26H,10-11H2,1-3H3. The van der Waals surface area contributed by atoms with Crippen LogP contribution in [0.4, 0.5) is 10.1 Å². The average molecular weight is 445 g/mol. The lowest BCUT2D eigenvalue weighted by Crippen LogP contribution is -2.26. The number of phenolic OH excluding ortho intramolecular Hbond substituents is 1. The second-order valence-electron chi connectivity index (χ2n) is 7.30. The number of nitrogens with zero attached hydrogens (tertiary/aromatic N) is 3. The number of fused-ring (bicyclic) bond motifs is 2. The van der Waals surface area contributed by atoms with Crippen LogP contribution < -0.4 is 9.04 Å². The number of amides is 1. The number of phenols is 1. The Balaban J connectivity index is 1.87. The predicted octanol–water partition coefficient (Wildman–Crippen LogP) is 2.64. The van der Waals surface area contributed by atoms with Gasteiger partial charge in [0.15, 0.2) is 5.75 Å². The van der Waals surface area contributed by atoms with Gasteiger partial charge < -0.3 is 14.7 Å². The number of aromatic nitrogens is 1. The molecule has 0 saturated heterocycles. The lowest BCUT2D eigenvalue weighted by Gasteiger charge is -2.22. The summed E-state index contributed by atoms with van der Waals surface area (Å²) in [4.78, 5) is 18.8. The van der Waals surface area contributed by atoms with Crippen molar-refractivity contribution in [2.75, 3.05) is 24.7 Å². The zero-order valence-corrected chi connectivity index (χ0v) is 17.9. The van der Waals surface area contributed by atoms with Gasteiger partial charge in [-0.2, -0.15) is 0 Å². The lowest BCUT2D eigenvalue weighted by atomic mass is 10.0. The molecule has 0 saturated carbocycles. The number of methoxy groups -OCH3 is 1. The summed E-state index contributed by atoms with van der Waals surface area (Å²) < 4.78 is 44.5. The van der Waals surface area contributed by atoms with Gasteiger partial charge in [0, 0.05) is 48.9 Å². The average Bonchev–Trinajstić information content (AvgIpc) is 3.04. The largest absolute Gasteiger partial charge is 0.505 e. The van der Waals surface area contributed by atoms with E-state index in [0.717, 1.165) is 10.6 Å². The fourth-order valence-electron chi connectivity index (χ4n) is 3.84. The molecule has 0 spiro atoms. The van der Waals surface area contributed by atoms with E-state index in [4.69, 9.17) is 4.74 Å². The molecule has 0 fully saturated rings. The van der Waals surface area contributed by atoms with Gasteiger partial charge in [-0.3, -0.25) is 14.1 Å². The Bertz CT molecular complexity index is 1330. The van der Waals surface area contributed by atoms with Crippen LogP contribution in [0.15, 0.2) is 36.5 Å². The first-order chi connectivity index (χ1) is 14.6. The molecule has 2 aromatic carbocycles. The van der Waals surface area contributed by atoms with Crippen LogP contribution in [-0.2, 0) is 23.1 Å². The Morgan fingerprint density at radius 1 is 1.32 bits per heavy atom. The number of carbonyl (C=O) groups excluding carboxylic acids is 1. The van der Waals surface area contributed by atoms with Crippen molar-refractivity contribution in [2.24, 2.45) is 0 Å². The number of rotatable bonds is 5. The predicted molar refractivity (Wildman–Crippen MR) is 113 cm³/mol. The zero-order valence-electron chi connectivity index (χ0n) is 17.1. The van der Waals surface area contributed by atoms with Gasteiger partial charge in [-0.05, 0) is 18.2 Å². The van der Waals surface area contributed by atoms with Crippen LogP contribution in [0.1, 0.15) is 21.5 Å². The summed E-state index contributed by atoms with van der Waals surface area (Å²) in [5.74, 6) is -0.957. The third-order valence-corrected chi connectivity index (χ3v) is 6.56. The Hall–Kier alpha value is -3.40. The third kappa shape index (κ3) is 3.42. The fourth-order valence-corrected chi connectivity index (χ4v) is 4.38. The zero-order chi connectivity index (χ0) is 22.5. The van der Waals surface area contributed by atoms with Crippen molar-refractivity contribution in [3.8, 4) is 11.5 Å². The third-order valence-electron chi connectivity index (χ3n) is 5.38. The van der Waals surface area contributed by atoms with E-state index >= 15 is 0 Å². The number of carbonyl (C=O) groups is 1. The summed E-state index contributed by atoms with van der Waals surface area (Å²) in [7, 11) is -0.860. The minimum Gasteiger partial charge on any atom is -0.505 e. The molecule has 162 valence electrons. The molecule has 1 aromatic heterocycles. The number of aromatic hydroxyl groups is 1. The van der Waals surface area contributed by atoms with E-state index in [2.05, 4.69) is 4.98 Å². The summed E-state index contributed by atoms with van der Waals surface area (Å²) in [6, 6.07) is 7.29. The Morgan fingerprint density at radius 2 is 2.06 bits per heavy atom. The summed E-state index contributed by atoms with van der Waals surface area (Å²) in [5, 5.41) is 11.2. The van der Waals surface area contributed by atoms with Crippen LogP contribution in [0.2, 0.25) is 0 Å². The van der Waals surface area contributed by atoms with Crippen molar-refractivity contribution in [2.45, 2.75) is 13.1 Å². The van der Waals surface area contributed by atoms with E-state index in [1.54, 1.807) is 12.1 Å². The topological polar surface area (TPSA) is 100 Å². The Labute approximate surface area is 178 Å². The lowest BCUT2D eigenvalue weighted by molar-refractivity contribution is 0.0763. The summed E-state index contributed by atoms with van der Waals surface area (Å²) in [5.41, 5.74) is 1.40. The molecule has 0 radical (unpaired) electrons. The van der Waals surface area contributed by atoms with Gasteiger partial charge >= 0.3 is 0 Å². The van der Waals surface area contributed by atoms with E-state index in [1.165, 1.54) is 43.5 Å². The van der Waals surface area contributed by atoms with Crippen molar-refractivity contribution in [1.82, 2.24) is 9.88 Å². The second kappa shape index (κ2) is 7.38. The van der Waals surface area contributed by atoms with Crippen LogP contribution in [0.3, 0.4) is 0 Å². The molecule has 0 unspecified atom stereocenters. The minimum atomic E-state index is -3.66. The molecule has 0 aliphatic carbocycles. The molecule has 0 bridgehead atoms. The number of benzene rings is 2. The number of hydrogen-bond donors (Lipinski definition) is 1. The van der Waals surface area contributed by atoms with Crippen LogP contribution >= 0.6 is 0 Å². The summed E-state index contributed by atoms with van der Waals surface area (Å²) >= 11 is 0. The molecule has 1 aliphatic heterocycles. The quantitative estimate of drug-likeness (QED) is 0.648. The summed E-state index contributed by atoms with van der Waals surface area (Å²) in [6.45, 7) is 0.143. The van der Waals surface area contributed by atoms with Gasteiger partial charge in [0.1, 0.15) is 17.1 Å². The van der Waals surface area contributed by atoms with Gasteiger partial charge in [-0.25, -0.2) is 12.8 Å². The van der Waals surface area contributed by atoms with E-state index in [-0.39, 0.29) is 35.7 Å². The molecular weight excluding hydrogens is 425 g/mol. The molecule has 1 aliphatic rings. The molecular formula is C21H20FN3O5S. The van der Waals surface area contributed by atoms with Gasteiger partial charge in [-0.1, -0.05) is 6.07 Å². The molecule has 8 nitrogen and oxygen atoms in total. The van der Waals surface area contributed by atoms with Gasteiger partial charge in [0.25, 0.3) is 5.91 Å². The van der Waals surface area contributed by atoms with Crippen LogP contribution in [0, 0.1) is 5.82 Å². The SMILES string of the molecule is COc1cc(F)ccc1CN1Cc2c(c(O)c3ncccc3c2N(C)S(C)(=O)=O)C1=O. The smallest absolute Gasteiger partial charge is 0.258 e. The van der Waals surface area contributed by atoms with Crippen molar-refractivity contribution in [1.29, 1.82) is 0 Å². The normalized spacial score (nSPS) is 13.5. The molecule has 10 heteroatoms. The van der Waals surface area contributed by atoms with E-state index in [0.29, 0.717) is 22.2 Å². The van der Waals surface area contributed by atoms with Gasteiger partial charge in [-0.15, -0.1) is 0 Å². The minimum absolute atomic E-state index is 0.0118. The maximum Gasteiger partial charge on any atom is 0.258 e. The number of hydrogen-bond acceptors (Lipinski definition) is 6. The molecule has 3 aromatic rings. The highest BCUT2D eigenvalue weighted by molar-refractivity contribution is 7.92. The number of anilines is 1. The van der Waals surface area contributed by atoms with Gasteiger partial charge in [0.05, 0.1) is 24.6 Å². The second-order valence-corrected chi connectivity index (χ2v) is 9.31. The Kier molecular flexibility index (Phi) is 4.97. The van der Waals surface area contributed by atoms with Crippen molar-refractivity contribution < 1.29 is 27.4 Å². The highest BCUT2D eigenvalue weighted by Crippen LogP contribution is 2.44. The first kappa shape index (κ1) is 20.9. The fraction of sp³-hybridized carbons (Fsp3) is 0.238. The highest BCUT2D eigenvalue weighted by atomic mass is 32.2. The van der Waals surface area contributed by atoms with Crippen LogP contribution in [-0.4, -0.2) is 49.7 Å². The summed E-state index contributed by atoms with van der Waals surface area (Å²) in [6.07, 6.45) is 2.52. The molecule has 0 atom stereocenters. The number of ether oxygens (including phenoxy) is 1. The Morgan fingerprint density at radius 3 is 2.74 bits per heavy atom.